The first-order chi connectivity index (χ1) is 12.2. The van der Waals surface area contributed by atoms with Crippen LogP contribution in [0.15, 0.2) is 24.3 Å². The number of rotatable bonds is 4. The first-order valence-corrected chi connectivity index (χ1v) is 9.96. The fraction of sp³-hybridized carbons (Fsp3) is 0.429. The molecule has 0 N–H and O–H groups in total. The van der Waals surface area contributed by atoms with Gasteiger partial charge in [-0.1, -0.05) is 18.6 Å². The Kier molecular flexibility index (Phi) is 4.71. The number of thiophene rings is 1. The van der Waals surface area contributed by atoms with Gasteiger partial charge in [-0.2, -0.15) is 0 Å². The van der Waals surface area contributed by atoms with Crippen molar-refractivity contribution in [2.75, 3.05) is 6.61 Å². The quantitative estimate of drug-likeness (QED) is 0.460. The molecule has 4 rings (SSSR count). The predicted molar refractivity (Wildman–Crippen MR) is 98.7 cm³/mol. The molecule has 0 bridgehead atoms. The fourth-order valence-electron chi connectivity index (χ4n) is 3.80. The zero-order chi connectivity index (χ0) is 17.2. The summed E-state index contributed by atoms with van der Waals surface area (Å²) >= 11 is 1.53. The Bertz CT molecular complexity index is 795. The summed E-state index contributed by atoms with van der Waals surface area (Å²) in [5.41, 5.74) is 4.54. The molecule has 1 heterocycles. The molecule has 0 saturated heterocycles. The van der Waals surface area contributed by atoms with Crippen molar-refractivity contribution in [3.63, 3.8) is 0 Å². The standard InChI is InChI=1S/C21H22O3S/c22-18(16-10-9-14-6-4-7-15(14)11-16)13-24-21(23)20-12-17-5-2-1-3-8-19(17)25-20/h9-12H,1-8,13H2. The van der Waals surface area contributed by atoms with Crippen LogP contribution < -0.4 is 0 Å². The zero-order valence-corrected chi connectivity index (χ0v) is 15.1. The van der Waals surface area contributed by atoms with Crippen molar-refractivity contribution in [3.8, 4) is 0 Å². The van der Waals surface area contributed by atoms with Gasteiger partial charge in [0.25, 0.3) is 0 Å². The largest absolute Gasteiger partial charge is 0.453 e. The van der Waals surface area contributed by atoms with Crippen LogP contribution in [0, 0.1) is 0 Å². The van der Waals surface area contributed by atoms with E-state index in [-0.39, 0.29) is 18.4 Å². The number of carbonyl (C=O) groups excluding carboxylic acids is 2. The van der Waals surface area contributed by atoms with Crippen LogP contribution in [0.25, 0.3) is 0 Å². The smallest absolute Gasteiger partial charge is 0.348 e. The highest BCUT2D eigenvalue weighted by Crippen LogP contribution is 2.29. The molecular weight excluding hydrogens is 332 g/mol. The van der Waals surface area contributed by atoms with Gasteiger partial charge in [-0.3, -0.25) is 4.79 Å². The van der Waals surface area contributed by atoms with Crippen LogP contribution in [0.5, 0.6) is 0 Å². The molecule has 0 saturated carbocycles. The number of Topliss-reactive ketones (excluding diaryl/α,β-unsaturated/α-hetero) is 1. The summed E-state index contributed by atoms with van der Waals surface area (Å²) in [4.78, 5) is 26.6. The minimum atomic E-state index is -0.368. The number of ketones is 1. The van der Waals surface area contributed by atoms with Crippen LogP contribution in [0.4, 0.5) is 0 Å². The highest BCUT2D eigenvalue weighted by molar-refractivity contribution is 7.14. The molecule has 0 unspecified atom stereocenters. The van der Waals surface area contributed by atoms with E-state index in [4.69, 9.17) is 4.74 Å². The molecule has 1 aromatic heterocycles. The van der Waals surface area contributed by atoms with E-state index in [0.29, 0.717) is 10.4 Å². The van der Waals surface area contributed by atoms with Gasteiger partial charge < -0.3 is 4.74 Å². The molecule has 2 aromatic rings. The number of fused-ring (bicyclic) bond motifs is 2. The molecule has 2 aliphatic carbocycles. The summed E-state index contributed by atoms with van der Waals surface area (Å²) < 4.78 is 5.29. The van der Waals surface area contributed by atoms with Gasteiger partial charge in [0.05, 0.1) is 0 Å². The number of aryl methyl sites for hydroxylation is 4. The molecule has 4 heteroatoms. The van der Waals surface area contributed by atoms with Gasteiger partial charge in [0.2, 0.25) is 0 Å². The van der Waals surface area contributed by atoms with Crippen molar-refractivity contribution in [3.05, 3.63) is 56.3 Å². The van der Waals surface area contributed by atoms with Crippen molar-refractivity contribution in [2.45, 2.75) is 51.4 Å². The van der Waals surface area contributed by atoms with Crippen LogP contribution in [-0.4, -0.2) is 18.4 Å². The van der Waals surface area contributed by atoms with E-state index >= 15 is 0 Å². The van der Waals surface area contributed by atoms with Crippen LogP contribution in [0.3, 0.4) is 0 Å². The van der Waals surface area contributed by atoms with Crippen molar-refractivity contribution in [1.82, 2.24) is 0 Å². The van der Waals surface area contributed by atoms with Gasteiger partial charge >= 0.3 is 5.97 Å². The molecular formula is C21H22O3S. The van der Waals surface area contributed by atoms with Crippen LogP contribution in [-0.2, 0) is 30.4 Å². The van der Waals surface area contributed by atoms with E-state index in [1.807, 2.05) is 24.3 Å². The fourth-order valence-corrected chi connectivity index (χ4v) is 4.95. The van der Waals surface area contributed by atoms with Crippen LogP contribution >= 0.6 is 11.3 Å². The van der Waals surface area contributed by atoms with Gasteiger partial charge in [-0.05, 0) is 73.8 Å². The minimum absolute atomic E-state index is 0.124. The lowest BCUT2D eigenvalue weighted by Gasteiger charge is -2.05. The molecule has 130 valence electrons. The predicted octanol–water partition coefficient (Wildman–Crippen LogP) is 4.55. The second-order valence-corrected chi connectivity index (χ2v) is 8.09. The lowest BCUT2D eigenvalue weighted by molar-refractivity contribution is 0.0479. The third-order valence-corrected chi connectivity index (χ3v) is 6.42. The normalized spacial score (nSPS) is 16.0. The monoisotopic (exact) mass is 354 g/mol. The molecule has 2 aliphatic rings. The molecule has 0 aliphatic heterocycles. The molecule has 1 aromatic carbocycles. The maximum atomic E-state index is 12.3. The van der Waals surface area contributed by atoms with Crippen LogP contribution in [0.1, 0.15) is 67.3 Å². The Balaban J connectivity index is 1.39. The average Bonchev–Trinajstić information content (AvgIpc) is 3.20. The minimum Gasteiger partial charge on any atom is -0.453 e. The Morgan fingerprint density at radius 2 is 1.68 bits per heavy atom. The van der Waals surface area contributed by atoms with Gasteiger partial charge in [0.15, 0.2) is 12.4 Å². The molecule has 0 spiro atoms. The highest BCUT2D eigenvalue weighted by Gasteiger charge is 2.19. The Hall–Kier alpha value is -1.94. The van der Waals surface area contributed by atoms with E-state index in [2.05, 4.69) is 0 Å². The molecule has 0 atom stereocenters. The van der Waals surface area contributed by atoms with E-state index < -0.39 is 0 Å². The first-order valence-electron chi connectivity index (χ1n) is 9.14. The summed E-state index contributed by atoms with van der Waals surface area (Å²) in [6, 6.07) is 7.82. The summed E-state index contributed by atoms with van der Waals surface area (Å²) in [6.07, 6.45) is 9.04. The number of carbonyl (C=O) groups is 2. The Morgan fingerprint density at radius 3 is 2.60 bits per heavy atom. The second kappa shape index (κ2) is 7.12. The number of ether oxygens (including phenoxy) is 1. The van der Waals surface area contributed by atoms with Gasteiger partial charge in [0, 0.05) is 10.4 Å². The van der Waals surface area contributed by atoms with Crippen LogP contribution in [0.2, 0.25) is 0 Å². The van der Waals surface area contributed by atoms with Crippen molar-refractivity contribution in [2.24, 2.45) is 0 Å². The van der Waals surface area contributed by atoms with Gasteiger partial charge in [0.1, 0.15) is 4.88 Å². The van der Waals surface area contributed by atoms with Crippen molar-refractivity contribution < 1.29 is 14.3 Å². The Labute approximate surface area is 152 Å². The molecule has 0 radical (unpaired) electrons. The molecule has 3 nitrogen and oxygen atoms in total. The maximum Gasteiger partial charge on any atom is 0.348 e. The highest BCUT2D eigenvalue weighted by atomic mass is 32.1. The third kappa shape index (κ3) is 3.54. The average molecular weight is 354 g/mol. The number of esters is 1. The SMILES string of the molecule is O=C(COC(=O)c1cc2c(s1)CCCCC2)c1ccc2c(c1)CCC2. The summed E-state index contributed by atoms with van der Waals surface area (Å²) in [5, 5.41) is 0. The van der Waals surface area contributed by atoms with E-state index in [1.54, 1.807) is 0 Å². The number of benzene rings is 1. The third-order valence-electron chi connectivity index (χ3n) is 5.20. The maximum absolute atomic E-state index is 12.3. The number of hydrogen-bond donors (Lipinski definition) is 0. The van der Waals surface area contributed by atoms with E-state index in [1.165, 1.54) is 52.2 Å². The summed E-state index contributed by atoms with van der Waals surface area (Å²) in [7, 11) is 0. The van der Waals surface area contributed by atoms with Crippen molar-refractivity contribution in [1.29, 1.82) is 0 Å². The lowest BCUT2D eigenvalue weighted by atomic mass is 10.0. The van der Waals surface area contributed by atoms with Crippen molar-refractivity contribution >= 4 is 23.1 Å². The van der Waals surface area contributed by atoms with Gasteiger partial charge in [-0.15, -0.1) is 11.3 Å². The molecule has 0 fully saturated rings. The molecule has 0 amide bonds. The van der Waals surface area contributed by atoms with Gasteiger partial charge in [-0.25, -0.2) is 4.79 Å². The van der Waals surface area contributed by atoms with E-state index in [0.717, 1.165) is 32.1 Å². The summed E-state index contributed by atoms with van der Waals surface area (Å²) in [6.45, 7) is -0.180. The Morgan fingerprint density at radius 1 is 0.880 bits per heavy atom. The number of hydrogen-bond acceptors (Lipinski definition) is 4. The first kappa shape index (κ1) is 16.5. The lowest BCUT2D eigenvalue weighted by Crippen LogP contribution is -2.13. The second-order valence-electron chi connectivity index (χ2n) is 6.96. The molecule has 25 heavy (non-hydrogen) atoms. The topological polar surface area (TPSA) is 43.4 Å². The summed E-state index contributed by atoms with van der Waals surface area (Å²) in [5.74, 6) is -0.492. The van der Waals surface area contributed by atoms with E-state index in [9.17, 15) is 9.59 Å². The zero-order valence-electron chi connectivity index (χ0n) is 14.3.